The van der Waals surface area contributed by atoms with Crippen molar-refractivity contribution in [3.8, 4) is 0 Å². The van der Waals surface area contributed by atoms with E-state index in [-0.39, 0.29) is 5.69 Å². The van der Waals surface area contributed by atoms with Crippen LogP contribution in [0.25, 0.3) is 11.0 Å². The molecule has 3 rings (SSSR count). The zero-order chi connectivity index (χ0) is 17.6. The van der Waals surface area contributed by atoms with Crippen molar-refractivity contribution in [3.05, 3.63) is 59.2 Å². The van der Waals surface area contributed by atoms with Crippen molar-refractivity contribution in [3.63, 3.8) is 0 Å². The summed E-state index contributed by atoms with van der Waals surface area (Å²) in [5.74, 6) is -0.120. The molecule has 5 nitrogen and oxygen atoms in total. The molecule has 2 aromatic carbocycles. The summed E-state index contributed by atoms with van der Waals surface area (Å²) in [6.45, 7) is 2.40. The van der Waals surface area contributed by atoms with Crippen LogP contribution in [0.1, 0.15) is 30.3 Å². The van der Waals surface area contributed by atoms with Crippen LogP contribution in [-0.2, 0) is 4.74 Å². The third kappa shape index (κ3) is 4.25. The molecule has 0 aliphatic heterocycles. The van der Waals surface area contributed by atoms with E-state index >= 15 is 0 Å². The number of nitrogens with zero attached hydrogens (tertiary/aromatic N) is 2. The van der Waals surface area contributed by atoms with Gasteiger partial charge in [0.25, 0.3) is 0 Å². The molecule has 25 heavy (non-hydrogen) atoms. The van der Waals surface area contributed by atoms with Crippen LogP contribution in [0.4, 0.5) is 11.5 Å². The topological polar surface area (TPSA) is 64.1 Å². The van der Waals surface area contributed by atoms with Gasteiger partial charge in [0.15, 0.2) is 11.5 Å². The van der Waals surface area contributed by atoms with E-state index in [9.17, 15) is 4.79 Å². The number of anilines is 2. The summed E-state index contributed by atoms with van der Waals surface area (Å²) >= 11 is 5.92. The monoisotopic (exact) mass is 355 g/mol. The molecule has 1 N–H and O–H groups in total. The quantitative estimate of drug-likeness (QED) is 0.498. The predicted molar refractivity (Wildman–Crippen MR) is 99.5 cm³/mol. The Morgan fingerprint density at radius 1 is 1.08 bits per heavy atom. The molecule has 0 bridgehead atoms. The number of carbonyl (C=O) groups is 1. The number of nitrogens with one attached hydrogen (secondary N) is 1. The van der Waals surface area contributed by atoms with Gasteiger partial charge >= 0.3 is 5.97 Å². The van der Waals surface area contributed by atoms with E-state index in [4.69, 9.17) is 16.3 Å². The number of rotatable bonds is 6. The van der Waals surface area contributed by atoms with Gasteiger partial charge in [0, 0.05) is 10.7 Å². The Balaban J connectivity index is 1.96. The Bertz CT molecular complexity index is 881. The molecule has 128 valence electrons. The van der Waals surface area contributed by atoms with E-state index in [0.717, 1.165) is 18.5 Å². The molecule has 0 fully saturated rings. The molecule has 6 heteroatoms. The molecule has 0 spiro atoms. The standard InChI is InChI=1S/C19H18ClN3O2/c1-2-3-12-25-19(24)17-18(21-14-10-8-13(20)9-11-14)23-16-7-5-4-6-15(16)22-17/h4-11H,2-3,12H2,1H3,(H,21,23). The number of fused-ring (bicyclic) bond motifs is 1. The van der Waals surface area contributed by atoms with Gasteiger partial charge in [0.2, 0.25) is 0 Å². The number of unbranched alkanes of at least 4 members (excludes halogenated alkanes) is 1. The van der Waals surface area contributed by atoms with Crippen LogP contribution in [0.15, 0.2) is 48.5 Å². The molecule has 0 aliphatic carbocycles. The van der Waals surface area contributed by atoms with Gasteiger partial charge in [0.05, 0.1) is 17.6 Å². The van der Waals surface area contributed by atoms with Gasteiger partial charge in [-0.1, -0.05) is 37.1 Å². The van der Waals surface area contributed by atoms with Gasteiger partial charge in [-0.2, -0.15) is 0 Å². The van der Waals surface area contributed by atoms with Gasteiger partial charge in [0.1, 0.15) is 0 Å². The van der Waals surface area contributed by atoms with Gasteiger partial charge in [-0.05, 0) is 42.8 Å². The van der Waals surface area contributed by atoms with Crippen molar-refractivity contribution in [2.24, 2.45) is 0 Å². The number of esters is 1. The number of aromatic nitrogens is 2. The smallest absolute Gasteiger partial charge is 0.360 e. The van der Waals surface area contributed by atoms with Gasteiger partial charge in [-0.25, -0.2) is 14.8 Å². The third-order valence-corrected chi connectivity index (χ3v) is 3.85. The summed E-state index contributed by atoms with van der Waals surface area (Å²) in [7, 11) is 0. The summed E-state index contributed by atoms with van der Waals surface area (Å²) in [5.41, 5.74) is 2.28. The normalized spacial score (nSPS) is 10.6. The number of halogens is 1. The van der Waals surface area contributed by atoms with Crippen LogP contribution in [0.2, 0.25) is 5.02 Å². The van der Waals surface area contributed by atoms with Gasteiger partial charge in [-0.15, -0.1) is 0 Å². The molecular weight excluding hydrogens is 338 g/mol. The van der Waals surface area contributed by atoms with Crippen LogP contribution in [0.5, 0.6) is 0 Å². The Labute approximate surface area is 151 Å². The zero-order valence-corrected chi connectivity index (χ0v) is 14.6. The second kappa shape index (κ2) is 7.94. The molecule has 1 aromatic heterocycles. The highest BCUT2D eigenvalue weighted by molar-refractivity contribution is 6.30. The highest BCUT2D eigenvalue weighted by Gasteiger charge is 2.18. The summed E-state index contributed by atoms with van der Waals surface area (Å²) in [5, 5.41) is 3.76. The molecule has 3 aromatic rings. The number of para-hydroxylation sites is 2. The Hall–Kier alpha value is -2.66. The molecule has 0 saturated carbocycles. The molecule has 0 radical (unpaired) electrons. The fourth-order valence-electron chi connectivity index (χ4n) is 2.28. The summed E-state index contributed by atoms with van der Waals surface area (Å²) in [6.07, 6.45) is 1.76. The second-order valence-corrected chi connectivity index (χ2v) is 5.97. The van der Waals surface area contributed by atoms with Crippen LogP contribution in [0.3, 0.4) is 0 Å². The number of benzene rings is 2. The maximum Gasteiger partial charge on any atom is 0.360 e. The Kier molecular flexibility index (Phi) is 5.46. The lowest BCUT2D eigenvalue weighted by atomic mass is 10.2. The van der Waals surface area contributed by atoms with E-state index < -0.39 is 5.97 Å². The van der Waals surface area contributed by atoms with E-state index in [0.29, 0.717) is 28.5 Å². The van der Waals surface area contributed by atoms with Gasteiger partial charge < -0.3 is 10.1 Å². The summed E-state index contributed by atoms with van der Waals surface area (Å²) in [4.78, 5) is 21.4. The first-order chi connectivity index (χ1) is 12.2. The molecule has 0 atom stereocenters. The average Bonchev–Trinajstić information content (AvgIpc) is 2.63. The van der Waals surface area contributed by atoms with E-state index in [1.54, 1.807) is 12.1 Å². The van der Waals surface area contributed by atoms with E-state index in [1.165, 1.54) is 0 Å². The largest absolute Gasteiger partial charge is 0.461 e. The Morgan fingerprint density at radius 2 is 1.76 bits per heavy atom. The van der Waals surface area contributed by atoms with Crippen LogP contribution in [-0.4, -0.2) is 22.5 Å². The van der Waals surface area contributed by atoms with E-state index in [2.05, 4.69) is 15.3 Å². The lowest BCUT2D eigenvalue weighted by Crippen LogP contribution is -2.13. The highest BCUT2D eigenvalue weighted by Crippen LogP contribution is 2.23. The maximum absolute atomic E-state index is 12.4. The fraction of sp³-hybridized carbons (Fsp3) is 0.211. The number of hydrogen-bond acceptors (Lipinski definition) is 5. The lowest BCUT2D eigenvalue weighted by molar-refractivity contribution is 0.0494. The van der Waals surface area contributed by atoms with Crippen LogP contribution < -0.4 is 5.32 Å². The Morgan fingerprint density at radius 3 is 2.44 bits per heavy atom. The maximum atomic E-state index is 12.4. The fourth-order valence-corrected chi connectivity index (χ4v) is 2.40. The summed E-state index contributed by atoms with van der Waals surface area (Å²) < 4.78 is 5.31. The SMILES string of the molecule is CCCCOC(=O)c1nc2ccccc2nc1Nc1ccc(Cl)cc1. The van der Waals surface area contributed by atoms with Crippen molar-refractivity contribution in [2.75, 3.05) is 11.9 Å². The lowest BCUT2D eigenvalue weighted by Gasteiger charge is -2.11. The number of carbonyl (C=O) groups excluding carboxylic acids is 1. The first-order valence-corrected chi connectivity index (χ1v) is 8.51. The van der Waals surface area contributed by atoms with Crippen LogP contribution >= 0.6 is 11.6 Å². The minimum absolute atomic E-state index is 0.171. The third-order valence-electron chi connectivity index (χ3n) is 3.60. The average molecular weight is 356 g/mol. The molecule has 0 unspecified atom stereocenters. The van der Waals surface area contributed by atoms with Crippen molar-refractivity contribution < 1.29 is 9.53 Å². The van der Waals surface area contributed by atoms with E-state index in [1.807, 2.05) is 43.3 Å². The molecule has 0 saturated heterocycles. The first-order valence-electron chi connectivity index (χ1n) is 8.14. The van der Waals surface area contributed by atoms with Crippen LogP contribution in [0, 0.1) is 0 Å². The minimum atomic E-state index is -0.483. The molecular formula is C19H18ClN3O2. The van der Waals surface area contributed by atoms with Crippen molar-refractivity contribution in [1.29, 1.82) is 0 Å². The highest BCUT2D eigenvalue weighted by atomic mass is 35.5. The summed E-state index contributed by atoms with van der Waals surface area (Å²) in [6, 6.07) is 14.5. The van der Waals surface area contributed by atoms with Gasteiger partial charge in [-0.3, -0.25) is 0 Å². The predicted octanol–water partition coefficient (Wildman–Crippen LogP) is 4.98. The van der Waals surface area contributed by atoms with Crippen molar-refractivity contribution in [1.82, 2.24) is 9.97 Å². The number of hydrogen-bond donors (Lipinski definition) is 1. The molecule has 0 aliphatic rings. The minimum Gasteiger partial charge on any atom is -0.461 e. The second-order valence-electron chi connectivity index (χ2n) is 5.53. The van der Waals surface area contributed by atoms with Crippen molar-refractivity contribution in [2.45, 2.75) is 19.8 Å². The first kappa shape index (κ1) is 17.2. The molecule has 0 amide bonds. The zero-order valence-electron chi connectivity index (χ0n) is 13.8. The number of ether oxygens (including phenoxy) is 1. The molecule has 1 heterocycles. The van der Waals surface area contributed by atoms with Crippen molar-refractivity contribution >= 4 is 40.1 Å².